The number of carboxylic acid groups (broad SMARTS) is 1. The van der Waals surface area contributed by atoms with Crippen LogP contribution in [0.15, 0.2) is 84.9 Å². The van der Waals surface area contributed by atoms with Crippen molar-refractivity contribution in [1.29, 1.82) is 0 Å². The molecule has 0 bridgehead atoms. The van der Waals surface area contributed by atoms with Crippen LogP contribution in [0.25, 0.3) is 0 Å². The number of ether oxygens (including phenoxy) is 3. The molecule has 3 aliphatic rings. The Kier molecular flexibility index (Phi) is 12.2. The van der Waals surface area contributed by atoms with Gasteiger partial charge in [0, 0.05) is 21.6 Å². The molecule has 0 unspecified atom stereocenters. The zero-order chi connectivity index (χ0) is 30.9. The minimum atomic E-state index is -0.972. The van der Waals surface area contributed by atoms with Gasteiger partial charge in [0.2, 0.25) is 0 Å². The number of carbonyl (C=O) groups is 1. The maximum absolute atomic E-state index is 10.8. The predicted molar refractivity (Wildman–Crippen MR) is 169 cm³/mol. The van der Waals surface area contributed by atoms with Crippen molar-refractivity contribution in [1.82, 2.24) is 0 Å². The third-order valence-corrected chi connectivity index (χ3v) is 7.06. The average molecular weight is 609 g/mol. The van der Waals surface area contributed by atoms with Gasteiger partial charge in [0.15, 0.2) is 0 Å². The first kappa shape index (κ1) is 33.8. The standard InChI is InChI=1S/C14H11BO5.C14H13BO4.C4H8O.B/c16-14(17)9-1-3-11(4-2-9)20-12-5-6-13-10(7-12)8-19-15(13)18;16-8-10-1-3-12(4-2-10)19-13-5-6-14-11(7-13)9-18-15(14)17;1-2-4-5-3-1;/h1-7,18H,8H2,(H,16,17);1-7,16-17H,8-9H2;1-4H2;. The molecule has 0 saturated carbocycles. The van der Waals surface area contributed by atoms with Crippen LogP contribution >= 0.6 is 0 Å². The molecule has 13 heteroatoms. The van der Waals surface area contributed by atoms with E-state index >= 15 is 0 Å². The number of hydrogen-bond acceptors (Lipinski definition) is 9. The van der Waals surface area contributed by atoms with Gasteiger partial charge in [0.25, 0.3) is 0 Å². The van der Waals surface area contributed by atoms with Crippen LogP contribution in [-0.2, 0) is 33.9 Å². The summed E-state index contributed by atoms with van der Waals surface area (Å²) in [5, 5.41) is 36.8. The smallest absolute Gasteiger partial charge is 0.478 e. The van der Waals surface area contributed by atoms with Crippen molar-refractivity contribution in [3.8, 4) is 23.0 Å². The van der Waals surface area contributed by atoms with Gasteiger partial charge in [-0.2, -0.15) is 0 Å². The number of aliphatic hydroxyl groups is 1. The van der Waals surface area contributed by atoms with Crippen molar-refractivity contribution in [3.05, 3.63) is 107 Å². The number of hydrogen-bond donors (Lipinski definition) is 4. The molecule has 1 saturated heterocycles. The summed E-state index contributed by atoms with van der Waals surface area (Å²) in [6.45, 7) is 2.77. The summed E-state index contributed by atoms with van der Waals surface area (Å²) in [7, 11) is -1.69. The Morgan fingerprint density at radius 2 is 1.13 bits per heavy atom. The number of benzene rings is 4. The molecular formula is C32H32B3O10. The van der Waals surface area contributed by atoms with E-state index in [1.54, 1.807) is 36.4 Å². The number of aliphatic hydroxyl groups excluding tert-OH is 1. The molecule has 0 amide bonds. The molecular weight excluding hydrogens is 577 g/mol. The number of aromatic carboxylic acids is 1. The summed E-state index contributed by atoms with van der Waals surface area (Å²) in [5.74, 6) is 1.60. The second-order valence-corrected chi connectivity index (χ2v) is 10.2. The van der Waals surface area contributed by atoms with Crippen molar-refractivity contribution in [3.63, 3.8) is 0 Å². The number of fused-ring (bicyclic) bond motifs is 2. The maximum Gasteiger partial charge on any atom is 0.491 e. The summed E-state index contributed by atoms with van der Waals surface area (Å²) < 4.78 is 26.5. The Labute approximate surface area is 264 Å². The van der Waals surface area contributed by atoms with E-state index < -0.39 is 20.2 Å². The SMILES string of the molecule is C1CCOC1.O=C(O)c1ccc(Oc2ccc3c(c2)COB3O)cc1.OCc1ccc(Oc2ccc3c(c2)COB3O)cc1.[B]. The molecule has 10 nitrogen and oxygen atoms in total. The van der Waals surface area contributed by atoms with E-state index in [-0.39, 0.29) is 20.6 Å². The van der Waals surface area contributed by atoms with Gasteiger partial charge in [-0.15, -0.1) is 0 Å². The summed E-state index contributed by atoms with van der Waals surface area (Å²) in [5.41, 5.74) is 4.43. The van der Waals surface area contributed by atoms with Crippen LogP contribution in [0.1, 0.15) is 39.9 Å². The molecule has 3 aliphatic heterocycles. The van der Waals surface area contributed by atoms with Crippen LogP contribution < -0.4 is 20.4 Å². The molecule has 4 aromatic carbocycles. The van der Waals surface area contributed by atoms with Gasteiger partial charge in [-0.1, -0.05) is 24.3 Å². The Bertz CT molecular complexity index is 1540. The zero-order valence-electron chi connectivity index (χ0n) is 24.5. The summed E-state index contributed by atoms with van der Waals surface area (Å²) in [4.78, 5) is 10.8. The topological polar surface area (TPSA) is 144 Å². The Morgan fingerprint density at radius 1 is 0.689 bits per heavy atom. The molecule has 3 radical (unpaired) electrons. The first-order valence-corrected chi connectivity index (χ1v) is 14.2. The van der Waals surface area contributed by atoms with E-state index in [9.17, 15) is 14.8 Å². The molecule has 0 aliphatic carbocycles. The number of rotatable bonds is 6. The second-order valence-electron chi connectivity index (χ2n) is 10.2. The average Bonchev–Trinajstić information content (AvgIpc) is 3.82. The van der Waals surface area contributed by atoms with Gasteiger partial charge in [-0.05, 0) is 101 Å². The summed E-state index contributed by atoms with van der Waals surface area (Å²) in [6.07, 6.45) is 2.56. The van der Waals surface area contributed by atoms with Gasteiger partial charge in [-0.3, -0.25) is 0 Å². The third kappa shape index (κ3) is 9.21. The number of carboxylic acids is 1. The Balaban J connectivity index is 0.000000174. The van der Waals surface area contributed by atoms with Crippen molar-refractivity contribution in [2.75, 3.05) is 13.2 Å². The highest BCUT2D eigenvalue weighted by atomic mass is 16.5. The summed E-state index contributed by atoms with van der Waals surface area (Å²) in [6, 6.07) is 24.2. The first-order valence-electron chi connectivity index (χ1n) is 14.2. The monoisotopic (exact) mass is 609 g/mol. The van der Waals surface area contributed by atoms with E-state index in [4.69, 9.17) is 33.7 Å². The highest BCUT2D eigenvalue weighted by molar-refractivity contribution is 6.62. The highest BCUT2D eigenvalue weighted by Crippen LogP contribution is 2.25. The van der Waals surface area contributed by atoms with Crippen molar-refractivity contribution in [2.24, 2.45) is 0 Å². The minimum absolute atomic E-state index is 0. The van der Waals surface area contributed by atoms with Crippen LogP contribution in [0.4, 0.5) is 0 Å². The third-order valence-electron chi connectivity index (χ3n) is 7.06. The minimum Gasteiger partial charge on any atom is -0.478 e. The quantitative estimate of drug-likeness (QED) is 0.241. The molecule has 45 heavy (non-hydrogen) atoms. The maximum atomic E-state index is 10.8. The first-order chi connectivity index (χ1) is 21.4. The lowest BCUT2D eigenvalue weighted by molar-refractivity contribution is 0.0696. The van der Waals surface area contributed by atoms with Crippen LogP contribution in [0, 0.1) is 0 Å². The van der Waals surface area contributed by atoms with E-state index in [2.05, 4.69) is 0 Å². The van der Waals surface area contributed by atoms with Crippen LogP contribution in [-0.4, -0.2) is 62.1 Å². The lowest BCUT2D eigenvalue weighted by Gasteiger charge is -2.07. The van der Waals surface area contributed by atoms with Gasteiger partial charge < -0.3 is 43.8 Å². The van der Waals surface area contributed by atoms with E-state index in [0.717, 1.165) is 40.8 Å². The zero-order valence-corrected chi connectivity index (χ0v) is 24.5. The molecule has 3 heterocycles. The Morgan fingerprint density at radius 3 is 1.53 bits per heavy atom. The van der Waals surface area contributed by atoms with Gasteiger partial charge >= 0.3 is 20.2 Å². The fourth-order valence-electron chi connectivity index (χ4n) is 4.65. The van der Waals surface area contributed by atoms with E-state index in [1.165, 1.54) is 25.0 Å². The van der Waals surface area contributed by atoms with Crippen LogP contribution in [0.2, 0.25) is 0 Å². The molecule has 0 spiro atoms. The van der Waals surface area contributed by atoms with Gasteiger partial charge in [0.1, 0.15) is 23.0 Å². The molecule has 229 valence electrons. The van der Waals surface area contributed by atoms with Gasteiger partial charge in [0.05, 0.1) is 25.4 Å². The van der Waals surface area contributed by atoms with Crippen molar-refractivity contribution >= 4 is 39.5 Å². The van der Waals surface area contributed by atoms with Crippen LogP contribution in [0.3, 0.4) is 0 Å². The molecule has 7 rings (SSSR count). The molecule has 4 aromatic rings. The lowest BCUT2D eigenvalue weighted by Crippen LogP contribution is -2.27. The van der Waals surface area contributed by atoms with Crippen molar-refractivity contribution < 1.29 is 48.6 Å². The lowest BCUT2D eigenvalue weighted by atomic mass is 9.80. The van der Waals surface area contributed by atoms with E-state index in [1.807, 2.05) is 36.4 Å². The fraction of sp³-hybridized carbons (Fsp3) is 0.219. The normalized spacial score (nSPS) is 14.2. The molecule has 1 fully saturated rings. The van der Waals surface area contributed by atoms with Gasteiger partial charge in [-0.25, -0.2) is 4.79 Å². The predicted octanol–water partition coefficient (Wildman–Crippen LogP) is 3.00. The highest BCUT2D eigenvalue weighted by Gasteiger charge is 2.28. The molecule has 0 atom stereocenters. The molecule has 4 N–H and O–H groups in total. The molecule has 0 aromatic heterocycles. The fourth-order valence-corrected chi connectivity index (χ4v) is 4.65. The Hall–Kier alpha value is -4.10. The van der Waals surface area contributed by atoms with Crippen LogP contribution in [0.5, 0.6) is 23.0 Å². The van der Waals surface area contributed by atoms with Crippen molar-refractivity contribution in [2.45, 2.75) is 32.7 Å². The summed E-state index contributed by atoms with van der Waals surface area (Å²) >= 11 is 0. The van der Waals surface area contributed by atoms with E-state index in [0.29, 0.717) is 36.2 Å². The largest absolute Gasteiger partial charge is 0.491 e. The second kappa shape index (κ2) is 16.3.